The molecule has 0 saturated heterocycles. The maximum Gasteiger partial charge on any atom is 0.299 e. The molecule has 0 N–H and O–H groups in total. The Hall–Kier alpha value is -2.29. The standard InChI is InChI=1S/C23H31N5O2S.ClH/c1-8-28(6)10-9-16-12-18(29-7)19(11-15(16)2)30-22-26-21(27-31-22)17-13-25-20(14-24-17)23(3,4)5;/h11-14H,8-10H2,1-7H3;1H. The van der Waals surface area contributed by atoms with Gasteiger partial charge in [-0.2, -0.15) is 9.36 Å². The minimum Gasteiger partial charge on any atom is -0.493 e. The number of benzene rings is 1. The fraction of sp³-hybridized carbons (Fsp3) is 0.478. The van der Waals surface area contributed by atoms with Gasteiger partial charge in [0.25, 0.3) is 5.19 Å². The van der Waals surface area contributed by atoms with Crippen LogP contribution < -0.4 is 9.47 Å². The van der Waals surface area contributed by atoms with Crippen molar-refractivity contribution in [2.75, 3.05) is 27.2 Å². The van der Waals surface area contributed by atoms with Gasteiger partial charge in [0.05, 0.1) is 19.0 Å². The molecule has 1 aromatic carbocycles. The summed E-state index contributed by atoms with van der Waals surface area (Å²) in [6, 6.07) is 4.05. The molecule has 0 bridgehead atoms. The van der Waals surface area contributed by atoms with E-state index >= 15 is 0 Å². The molecule has 0 spiro atoms. The van der Waals surface area contributed by atoms with Crippen LogP contribution >= 0.6 is 23.9 Å². The van der Waals surface area contributed by atoms with Gasteiger partial charge >= 0.3 is 0 Å². The fourth-order valence-electron chi connectivity index (χ4n) is 2.96. The number of hydrogen-bond acceptors (Lipinski definition) is 8. The van der Waals surface area contributed by atoms with Crippen LogP contribution in [0.4, 0.5) is 0 Å². The second kappa shape index (κ2) is 11.0. The van der Waals surface area contributed by atoms with Crippen molar-refractivity contribution in [3.05, 3.63) is 41.3 Å². The molecule has 7 nitrogen and oxygen atoms in total. The lowest BCUT2D eigenvalue weighted by Gasteiger charge is -2.16. The number of likely N-dealkylation sites (N-methyl/N-ethyl adjacent to an activating group) is 1. The first-order valence-corrected chi connectivity index (χ1v) is 11.2. The largest absolute Gasteiger partial charge is 0.493 e. The van der Waals surface area contributed by atoms with Crippen molar-refractivity contribution in [1.82, 2.24) is 24.2 Å². The van der Waals surface area contributed by atoms with Crippen molar-refractivity contribution in [1.29, 1.82) is 0 Å². The van der Waals surface area contributed by atoms with Crippen molar-refractivity contribution < 1.29 is 9.47 Å². The van der Waals surface area contributed by atoms with Gasteiger partial charge in [0, 0.05) is 29.7 Å². The van der Waals surface area contributed by atoms with Crippen LogP contribution in [0.25, 0.3) is 11.5 Å². The average Bonchev–Trinajstić information content (AvgIpc) is 3.21. The number of hydrogen-bond donors (Lipinski definition) is 0. The number of halogens is 1. The second-order valence-electron chi connectivity index (χ2n) is 8.60. The van der Waals surface area contributed by atoms with Crippen molar-refractivity contribution >= 4 is 23.9 Å². The fourth-order valence-corrected chi connectivity index (χ4v) is 3.51. The van der Waals surface area contributed by atoms with E-state index in [0.717, 1.165) is 30.8 Å². The lowest BCUT2D eigenvalue weighted by Crippen LogP contribution is -2.20. The third kappa shape index (κ3) is 6.37. The predicted molar refractivity (Wildman–Crippen MR) is 132 cm³/mol. The number of rotatable bonds is 8. The summed E-state index contributed by atoms with van der Waals surface area (Å²) < 4.78 is 16.0. The number of ether oxygens (including phenoxy) is 2. The quantitative estimate of drug-likeness (QED) is 0.434. The molecular formula is C23H32ClN5O2S. The molecule has 0 saturated carbocycles. The molecule has 2 aromatic heterocycles. The molecule has 0 amide bonds. The van der Waals surface area contributed by atoms with Crippen LogP contribution in [0.5, 0.6) is 16.7 Å². The molecule has 0 aliphatic rings. The predicted octanol–water partition coefficient (Wildman–Crippen LogP) is 5.32. The molecule has 0 aliphatic carbocycles. The minimum absolute atomic E-state index is 0. The highest BCUT2D eigenvalue weighted by Gasteiger charge is 2.18. The number of aryl methyl sites for hydroxylation is 1. The minimum atomic E-state index is -0.0537. The summed E-state index contributed by atoms with van der Waals surface area (Å²) in [6.45, 7) is 12.6. The second-order valence-corrected chi connectivity index (χ2v) is 9.31. The molecular weight excluding hydrogens is 446 g/mol. The molecule has 9 heteroatoms. The van der Waals surface area contributed by atoms with Gasteiger partial charge in [-0.3, -0.25) is 4.98 Å². The molecule has 3 rings (SSSR count). The van der Waals surface area contributed by atoms with Gasteiger partial charge in [-0.05, 0) is 50.2 Å². The van der Waals surface area contributed by atoms with E-state index < -0.39 is 0 Å². The zero-order chi connectivity index (χ0) is 22.6. The molecule has 2 heterocycles. The van der Waals surface area contributed by atoms with E-state index in [-0.39, 0.29) is 17.8 Å². The molecule has 0 fully saturated rings. The Morgan fingerprint density at radius 2 is 1.84 bits per heavy atom. The van der Waals surface area contributed by atoms with Crippen LogP contribution in [0, 0.1) is 6.92 Å². The third-order valence-corrected chi connectivity index (χ3v) is 5.77. The lowest BCUT2D eigenvalue weighted by atomic mass is 9.93. The van der Waals surface area contributed by atoms with Gasteiger partial charge in [-0.15, -0.1) is 12.4 Å². The average molecular weight is 478 g/mol. The zero-order valence-corrected chi connectivity index (χ0v) is 21.4. The van der Waals surface area contributed by atoms with E-state index in [1.165, 1.54) is 17.1 Å². The number of methoxy groups -OCH3 is 1. The first-order chi connectivity index (χ1) is 14.7. The Kier molecular flexibility index (Phi) is 8.95. The Labute approximate surface area is 200 Å². The number of aromatic nitrogens is 4. The highest BCUT2D eigenvalue weighted by molar-refractivity contribution is 7.07. The molecule has 0 radical (unpaired) electrons. The van der Waals surface area contributed by atoms with E-state index in [4.69, 9.17) is 9.47 Å². The van der Waals surface area contributed by atoms with Crippen molar-refractivity contribution in [2.45, 2.75) is 46.5 Å². The molecule has 0 aliphatic heterocycles. The summed E-state index contributed by atoms with van der Waals surface area (Å²) in [6.07, 6.45) is 4.44. The summed E-state index contributed by atoms with van der Waals surface area (Å²) in [4.78, 5) is 15.7. The van der Waals surface area contributed by atoms with Gasteiger partial charge in [0.15, 0.2) is 17.3 Å². The van der Waals surface area contributed by atoms with Gasteiger partial charge in [-0.25, -0.2) is 4.98 Å². The van der Waals surface area contributed by atoms with Crippen LogP contribution in [0.1, 0.15) is 44.5 Å². The Bertz CT molecular complexity index is 1020. The van der Waals surface area contributed by atoms with Crippen molar-refractivity contribution in [3.8, 4) is 28.2 Å². The van der Waals surface area contributed by atoms with Gasteiger partial charge in [0.1, 0.15) is 5.69 Å². The first-order valence-electron chi connectivity index (χ1n) is 10.4. The summed E-state index contributed by atoms with van der Waals surface area (Å²) in [5.74, 6) is 1.82. The van der Waals surface area contributed by atoms with E-state index in [9.17, 15) is 0 Å². The van der Waals surface area contributed by atoms with Crippen LogP contribution in [-0.4, -0.2) is 51.5 Å². The van der Waals surface area contributed by atoms with Crippen molar-refractivity contribution in [3.63, 3.8) is 0 Å². The van der Waals surface area contributed by atoms with Gasteiger partial charge in [-0.1, -0.05) is 27.7 Å². The topological polar surface area (TPSA) is 73.3 Å². The summed E-state index contributed by atoms with van der Waals surface area (Å²) >= 11 is 1.18. The highest BCUT2D eigenvalue weighted by Crippen LogP contribution is 2.35. The maximum atomic E-state index is 6.02. The molecule has 3 aromatic rings. The van der Waals surface area contributed by atoms with Crippen LogP contribution in [-0.2, 0) is 11.8 Å². The summed E-state index contributed by atoms with van der Waals surface area (Å²) in [5.41, 5.74) is 3.90. The SMILES string of the molecule is CCN(C)CCc1cc(OC)c(Oc2nc(-c3cnc(C(C)(C)C)cn3)ns2)cc1C.Cl. The smallest absolute Gasteiger partial charge is 0.299 e. The van der Waals surface area contributed by atoms with Crippen LogP contribution in [0.15, 0.2) is 24.5 Å². The molecule has 0 atom stereocenters. The maximum absolute atomic E-state index is 6.02. The Morgan fingerprint density at radius 1 is 1.09 bits per heavy atom. The molecule has 174 valence electrons. The third-order valence-electron chi connectivity index (χ3n) is 5.18. The highest BCUT2D eigenvalue weighted by atomic mass is 35.5. The van der Waals surface area contributed by atoms with Gasteiger partial charge < -0.3 is 14.4 Å². The van der Waals surface area contributed by atoms with Crippen LogP contribution in [0.2, 0.25) is 0 Å². The molecule has 32 heavy (non-hydrogen) atoms. The molecule has 0 unspecified atom stereocenters. The zero-order valence-electron chi connectivity index (χ0n) is 19.8. The van der Waals surface area contributed by atoms with E-state index in [1.54, 1.807) is 19.5 Å². The normalized spacial score (nSPS) is 11.4. The lowest BCUT2D eigenvalue weighted by molar-refractivity contribution is 0.355. The van der Waals surface area contributed by atoms with E-state index in [2.05, 4.69) is 65.9 Å². The number of nitrogens with zero attached hydrogens (tertiary/aromatic N) is 5. The first kappa shape index (κ1) is 26.0. The van der Waals surface area contributed by atoms with E-state index in [1.807, 2.05) is 12.1 Å². The Morgan fingerprint density at radius 3 is 2.44 bits per heavy atom. The Balaban J connectivity index is 0.00000363. The van der Waals surface area contributed by atoms with Gasteiger partial charge in [0.2, 0.25) is 0 Å². The van der Waals surface area contributed by atoms with E-state index in [0.29, 0.717) is 28.2 Å². The summed E-state index contributed by atoms with van der Waals surface area (Å²) in [5, 5.41) is 0.438. The van der Waals surface area contributed by atoms with Crippen LogP contribution in [0.3, 0.4) is 0 Å². The monoisotopic (exact) mass is 477 g/mol. The van der Waals surface area contributed by atoms with Crippen molar-refractivity contribution in [2.24, 2.45) is 0 Å². The summed E-state index contributed by atoms with van der Waals surface area (Å²) in [7, 11) is 3.77.